The Balaban J connectivity index is 0.00000306. The molecule has 0 bridgehead atoms. The molecule has 4 N–H and O–H groups in total. The number of nitrogens with one attached hydrogen (secondary N) is 2. The maximum absolute atomic E-state index is 14.0. The molecule has 3 aromatic carbocycles. The quantitative estimate of drug-likeness (QED) is 0.296. The van der Waals surface area contributed by atoms with E-state index in [0.717, 1.165) is 16.3 Å². The second-order valence-corrected chi connectivity index (χ2v) is 7.07. The van der Waals surface area contributed by atoms with Crippen LogP contribution in [0.5, 0.6) is 5.75 Å². The molecule has 0 spiro atoms. The lowest BCUT2D eigenvalue weighted by atomic mass is 10.0. The predicted octanol–water partition coefficient (Wildman–Crippen LogP) is 0.0467. The van der Waals surface area contributed by atoms with Gasteiger partial charge in [0.05, 0.1) is 0 Å². The van der Waals surface area contributed by atoms with Crippen LogP contribution in [0, 0.1) is 5.82 Å². The van der Waals surface area contributed by atoms with E-state index in [9.17, 15) is 9.18 Å². The van der Waals surface area contributed by atoms with Crippen molar-refractivity contribution < 1.29 is 31.0 Å². The summed E-state index contributed by atoms with van der Waals surface area (Å²) in [5.41, 5.74) is 6.92. The summed E-state index contributed by atoms with van der Waals surface area (Å²) in [4.78, 5) is 12.0. The maximum Gasteiger partial charge on any atom is 0.277 e. The van der Waals surface area contributed by atoms with E-state index >= 15 is 0 Å². The topological polar surface area (TPSA) is 115 Å². The Hall–Kier alpha value is -3.69. The van der Waals surface area contributed by atoms with Crippen LogP contribution in [-0.2, 0) is 13.2 Å². The van der Waals surface area contributed by atoms with Crippen molar-refractivity contribution in [1.82, 2.24) is 20.9 Å². The molecule has 172 valence electrons. The molecule has 33 heavy (non-hydrogen) atoms. The molecule has 10 heteroatoms. The molecule has 0 saturated heterocycles. The summed E-state index contributed by atoms with van der Waals surface area (Å²) in [5, 5.41) is 15.0. The Bertz CT molecular complexity index is 1230. The molecule has 1 heterocycles. The Morgan fingerprint density at radius 2 is 1.82 bits per heavy atom. The zero-order valence-electron chi connectivity index (χ0n) is 17.6. The number of aromatic nitrogens is 2. The van der Waals surface area contributed by atoms with Crippen LogP contribution < -0.4 is 33.5 Å². The van der Waals surface area contributed by atoms with Gasteiger partial charge in [0.15, 0.2) is 0 Å². The van der Waals surface area contributed by atoms with E-state index in [1.54, 1.807) is 18.2 Å². The van der Waals surface area contributed by atoms with Crippen LogP contribution in [0.2, 0.25) is 0 Å². The van der Waals surface area contributed by atoms with Crippen LogP contribution in [0.25, 0.3) is 10.8 Å². The number of amides is 1. The number of fused-ring (bicyclic) bond motifs is 1. The monoisotopic (exact) mass is 470 g/mol. The van der Waals surface area contributed by atoms with Crippen molar-refractivity contribution in [1.29, 1.82) is 0 Å². The van der Waals surface area contributed by atoms with E-state index in [0.29, 0.717) is 30.9 Å². The number of halogens is 2. The summed E-state index contributed by atoms with van der Waals surface area (Å²) in [6, 6.07) is 18.4. The SMILES string of the molecule is Nc1nonc1C(=O)NCCNCc1c(OCc2ccccc2F)ccc2ccccc12.[Cl-]. The van der Waals surface area contributed by atoms with E-state index < -0.39 is 5.91 Å². The third kappa shape index (κ3) is 5.76. The molecule has 1 aromatic heterocycles. The summed E-state index contributed by atoms with van der Waals surface area (Å²) in [5.74, 6) is -0.135. The number of nitrogen functional groups attached to an aromatic ring is 1. The first-order valence-electron chi connectivity index (χ1n) is 10.1. The number of nitrogens with zero attached hydrogens (tertiary/aromatic N) is 2. The summed E-state index contributed by atoms with van der Waals surface area (Å²) in [6.45, 7) is 1.47. The lowest BCUT2D eigenvalue weighted by molar-refractivity contribution is -0.0000162. The highest BCUT2D eigenvalue weighted by molar-refractivity contribution is 5.95. The molecule has 0 unspecified atom stereocenters. The van der Waals surface area contributed by atoms with Gasteiger partial charge in [-0.1, -0.05) is 48.5 Å². The van der Waals surface area contributed by atoms with E-state index in [1.807, 2.05) is 36.4 Å². The molecular formula is C23H22ClFN5O3-. The highest BCUT2D eigenvalue weighted by Crippen LogP contribution is 2.29. The highest BCUT2D eigenvalue weighted by Gasteiger charge is 2.15. The number of ether oxygens (including phenoxy) is 1. The van der Waals surface area contributed by atoms with Crippen LogP contribution in [0.15, 0.2) is 65.3 Å². The smallest absolute Gasteiger partial charge is 0.277 e. The first kappa shape index (κ1) is 24.0. The molecule has 1 amide bonds. The number of rotatable bonds is 9. The largest absolute Gasteiger partial charge is 1.00 e. The summed E-state index contributed by atoms with van der Waals surface area (Å²) in [6.07, 6.45) is 0. The molecule has 0 aliphatic rings. The van der Waals surface area contributed by atoms with E-state index in [4.69, 9.17) is 10.5 Å². The number of carbonyl (C=O) groups excluding carboxylic acids is 1. The maximum atomic E-state index is 14.0. The summed E-state index contributed by atoms with van der Waals surface area (Å²) in [7, 11) is 0. The van der Waals surface area contributed by atoms with Crippen LogP contribution in [0.4, 0.5) is 10.2 Å². The first-order chi connectivity index (χ1) is 15.6. The predicted molar refractivity (Wildman–Crippen MR) is 117 cm³/mol. The minimum absolute atomic E-state index is 0. The third-order valence-electron chi connectivity index (χ3n) is 4.96. The number of carbonyl (C=O) groups is 1. The molecule has 0 aliphatic carbocycles. The van der Waals surface area contributed by atoms with Gasteiger partial charge < -0.3 is 33.5 Å². The molecule has 0 atom stereocenters. The molecule has 0 aliphatic heterocycles. The fourth-order valence-corrected chi connectivity index (χ4v) is 3.32. The van der Waals surface area contributed by atoms with Gasteiger partial charge in [0.2, 0.25) is 11.5 Å². The van der Waals surface area contributed by atoms with Crippen molar-refractivity contribution >= 4 is 22.5 Å². The van der Waals surface area contributed by atoms with Gasteiger partial charge in [0.1, 0.15) is 18.2 Å². The van der Waals surface area contributed by atoms with Gasteiger partial charge in [-0.15, -0.1) is 0 Å². The summed E-state index contributed by atoms with van der Waals surface area (Å²) < 4.78 is 24.4. The van der Waals surface area contributed by atoms with Crippen molar-refractivity contribution in [3.8, 4) is 5.75 Å². The van der Waals surface area contributed by atoms with Crippen molar-refractivity contribution in [2.45, 2.75) is 13.2 Å². The van der Waals surface area contributed by atoms with Crippen LogP contribution >= 0.6 is 0 Å². The van der Waals surface area contributed by atoms with Gasteiger partial charge in [0, 0.05) is 30.8 Å². The van der Waals surface area contributed by atoms with Crippen LogP contribution in [0.3, 0.4) is 0 Å². The van der Waals surface area contributed by atoms with Crippen molar-refractivity contribution in [2.75, 3.05) is 18.8 Å². The molecule has 0 saturated carbocycles. The molecule has 0 radical (unpaired) electrons. The van der Waals surface area contributed by atoms with Gasteiger partial charge in [-0.25, -0.2) is 9.02 Å². The molecular weight excluding hydrogens is 449 g/mol. The first-order valence-corrected chi connectivity index (χ1v) is 10.1. The van der Waals surface area contributed by atoms with E-state index in [-0.39, 0.29) is 36.3 Å². The van der Waals surface area contributed by atoms with Crippen molar-refractivity contribution in [2.24, 2.45) is 0 Å². The second-order valence-electron chi connectivity index (χ2n) is 7.07. The average molecular weight is 471 g/mol. The Morgan fingerprint density at radius 3 is 2.61 bits per heavy atom. The number of hydrogen-bond acceptors (Lipinski definition) is 7. The Morgan fingerprint density at radius 1 is 1.03 bits per heavy atom. The Labute approximate surface area is 195 Å². The van der Waals surface area contributed by atoms with E-state index in [2.05, 4.69) is 25.6 Å². The minimum Gasteiger partial charge on any atom is -1.00 e. The number of benzene rings is 3. The molecule has 8 nitrogen and oxygen atoms in total. The zero-order chi connectivity index (χ0) is 22.3. The lowest BCUT2D eigenvalue weighted by Crippen LogP contribution is -3.00. The molecule has 4 aromatic rings. The van der Waals surface area contributed by atoms with Gasteiger partial charge >= 0.3 is 0 Å². The lowest BCUT2D eigenvalue weighted by Gasteiger charge is -2.15. The van der Waals surface area contributed by atoms with Crippen molar-refractivity contribution in [3.05, 3.63) is 83.3 Å². The van der Waals surface area contributed by atoms with Gasteiger partial charge in [0.25, 0.3) is 5.91 Å². The van der Waals surface area contributed by atoms with Crippen LogP contribution in [0.1, 0.15) is 21.6 Å². The molecule has 4 rings (SSSR count). The van der Waals surface area contributed by atoms with E-state index in [1.165, 1.54) is 6.07 Å². The van der Waals surface area contributed by atoms with Crippen LogP contribution in [-0.4, -0.2) is 29.3 Å². The zero-order valence-corrected chi connectivity index (χ0v) is 18.3. The number of hydrogen-bond donors (Lipinski definition) is 3. The normalized spacial score (nSPS) is 10.6. The van der Waals surface area contributed by atoms with Gasteiger partial charge in [-0.2, -0.15) is 0 Å². The standard InChI is InChI=1S/C23H22FN5O3.ClH/c24-19-8-4-2-6-16(19)14-31-20-10-9-15-5-1-3-7-17(15)18(20)13-26-11-12-27-23(30)21-22(25)29-32-28-21;/h1-10,26H,11-14H2,(H2,25,29)(H,27,30);1H/p-1. The van der Waals surface area contributed by atoms with Gasteiger partial charge in [-0.3, -0.25) is 4.79 Å². The third-order valence-corrected chi connectivity index (χ3v) is 4.96. The highest BCUT2D eigenvalue weighted by atomic mass is 35.5. The second kappa shape index (κ2) is 11.3. The molecule has 0 fully saturated rings. The number of nitrogens with two attached hydrogens (primary N) is 1. The summed E-state index contributed by atoms with van der Waals surface area (Å²) >= 11 is 0. The number of anilines is 1. The van der Waals surface area contributed by atoms with Gasteiger partial charge in [-0.05, 0) is 33.2 Å². The fraction of sp³-hybridized carbons (Fsp3) is 0.174. The average Bonchev–Trinajstić information content (AvgIpc) is 3.24. The Kier molecular flexibility index (Phi) is 8.17. The van der Waals surface area contributed by atoms with Crippen molar-refractivity contribution in [3.63, 3.8) is 0 Å². The minimum atomic E-state index is -0.454. The fourth-order valence-electron chi connectivity index (χ4n) is 3.32.